The van der Waals surface area contributed by atoms with Gasteiger partial charge in [-0.25, -0.2) is 4.98 Å². The van der Waals surface area contributed by atoms with E-state index in [0.717, 1.165) is 29.5 Å². The van der Waals surface area contributed by atoms with Crippen LogP contribution >= 0.6 is 0 Å². The number of rotatable bonds is 6. The van der Waals surface area contributed by atoms with Gasteiger partial charge in [0.05, 0.1) is 0 Å². The molecule has 0 aliphatic heterocycles. The number of aromatic amines is 1. The molecule has 0 saturated carbocycles. The van der Waals surface area contributed by atoms with Gasteiger partial charge in [-0.15, -0.1) is 0 Å². The van der Waals surface area contributed by atoms with Gasteiger partial charge in [0.25, 0.3) is 0 Å². The van der Waals surface area contributed by atoms with Crippen LogP contribution in [-0.2, 0) is 6.54 Å². The van der Waals surface area contributed by atoms with Gasteiger partial charge in [-0.2, -0.15) is 5.10 Å². The number of hydrogen-bond donors (Lipinski definition) is 3. The molecule has 0 aliphatic rings. The summed E-state index contributed by atoms with van der Waals surface area (Å²) in [4.78, 5) is 8.52. The maximum absolute atomic E-state index is 4.32. The van der Waals surface area contributed by atoms with E-state index >= 15 is 0 Å². The van der Waals surface area contributed by atoms with Gasteiger partial charge in [-0.3, -0.25) is 10.1 Å². The highest BCUT2D eigenvalue weighted by Gasteiger charge is 2.07. The Morgan fingerprint density at radius 2 is 1.96 bits per heavy atom. The number of H-pyrrole nitrogens is 1. The van der Waals surface area contributed by atoms with Crippen molar-refractivity contribution in [3.63, 3.8) is 0 Å². The molecule has 0 fully saturated rings. The fraction of sp³-hybridized carbons (Fsp3) is 0.286. The molecule has 2 aromatic carbocycles. The fourth-order valence-corrected chi connectivity index (χ4v) is 2.84. The first-order valence-corrected chi connectivity index (χ1v) is 9.11. The lowest BCUT2D eigenvalue weighted by Crippen LogP contribution is -2.38. The second-order valence-electron chi connectivity index (χ2n) is 6.65. The largest absolute Gasteiger partial charge is 0.356 e. The minimum Gasteiger partial charge on any atom is -0.356 e. The molecule has 3 N–H and O–H groups in total. The summed E-state index contributed by atoms with van der Waals surface area (Å²) < 4.78 is 0. The van der Waals surface area contributed by atoms with E-state index in [0.29, 0.717) is 12.5 Å². The minimum absolute atomic E-state index is 0.402. The van der Waals surface area contributed by atoms with Crippen molar-refractivity contribution in [3.8, 4) is 11.4 Å². The molecule has 1 atom stereocenters. The summed E-state index contributed by atoms with van der Waals surface area (Å²) in [6.45, 7) is 5.82. The van der Waals surface area contributed by atoms with E-state index in [9.17, 15) is 0 Å². The topological polar surface area (TPSA) is 78.0 Å². The van der Waals surface area contributed by atoms with E-state index in [1.165, 1.54) is 17.5 Å². The van der Waals surface area contributed by atoms with Crippen molar-refractivity contribution in [2.24, 2.45) is 4.99 Å². The van der Waals surface area contributed by atoms with Crippen molar-refractivity contribution in [3.05, 3.63) is 71.5 Å². The van der Waals surface area contributed by atoms with Crippen molar-refractivity contribution in [1.82, 2.24) is 25.8 Å². The predicted octanol–water partition coefficient (Wildman–Crippen LogP) is 3.25. The molecule has 3 aromatic rings. The smallest absolute Gasteiger partial charge is 0.191 e. The Hall–Kier alpha value is -3.15. The van der Waals surface area contributed by atoms with Gasteiger partial charge in [-0.05, 0) is 30.0 Å². The Labute approximate surface area is 160 Å². The number of aliphatic imine (C=N–C) groups is 1. The Morgan fingerprint density at radius 3 is 2.67 bits per heavy atom. The van der Waals surface area contributed by atoms with Crippen LogP contribution in [0.15, 0.2) is 59.9 Å². The number of aromatic nitrogens is 3. The van der Waals surface area contributed by atoms with Crippen LogP contribution in [0.2, 0.25) is 0 Å². The first kappa shape index (κ1) is 18.6. The lowest BCUT2D eigenvalue weighted by atomic mass is 10.0. The van der Waals surface area contributed by atoms with Crippen molar-refractivity contribution < 1.29 is 0 Å². The van der Waals surface area contributed by atoms with E-state index in [2.05, 4.69) is 81.1 Å². The molecule has 0 amide bonds. The molecule has 0 aliphatic carbocycles. The van der Waals surface area contributed by atoms with Crippen molar-refractivity contribution in [1.29, 1.82) is 0 Å². The maximum Gasteiger partial charge on any atom is 0.191 e. The standard InChI is InChI=1S/C21H26N6/c1-15-7-9-18(10-8-15)16(2)12-23-21(22-3)24-13-17-5-4-6-19(11-17)20-25-14-26-27-20/h4-11,14,16H,12-13H2,1-3H3,(H2,22,23,24)(H,25,26,27). The summed E-state index contributed by atoms with van der Waals surface area (Å²) in [5.74, 6) is 1.96. The second-order valence-corrected chi connectivity index (χ2v) is 6.65. The maximum atomic E-state index is 4.32. The average Bonchev–Trinajstić information content (AvgIpc) is 3.23. The summed E-state index contributed by atoms with van der Waals surface area (Å²) in [7, 11) is 1.79. The highest BCUT2D eigenvalue weighted by atomic mass is 15.2. The zero-order valence-corrected chi connectivity index (χ0v) is 16.0. The SMILES string of the molecule is CN=C(NCc1cccc(-c2ncn[nH]2)c1)NCC(C)c1ccc(C)cc1. The monoisotopic (exact) mass is 362 g/mol. The average molecular weight is 362 g/mol. The third kappa shape index (κ3) is 5.17. The van der Waals surface area contributed by atoms with Gasteiger partial charge in [0, 0.05) is 25.7 Å². The molecule has 1 heterocycles. The third-order valence-electron chi connectivity index (χ3n) is 4.52. The summed E-state index contributed by atoms with van der Waals surface area (Å²) >= 11 is 0. The van der Waals surface area contributed by atoms with E-state index in [4.69, 9.17) is 0 Å². The van der Waals surface area contributed by atoms with Gasteiger partial charge < -0.3 is 10.6 Å². The Morgan fingerprint density at radius 1 is 1.15 bits per heavy atom. The lowest BCUT2D eigenvalue weighted by molar-refractivity contribution is 0.698. The van der Waals surface area contributed by atoms with Gasteiger partial charge in [0.15, 0.2) is 11.8 Å². The number of aryl methyl sites for hydroxylation is 1. The molecule has 0 spiro atoms. The van der Waals surface area contributed by atoms with E-state index in [1.807, 2.05) is 12.1 Å². The molecular formula is C21H26N6. The first-order valence-electron chi connectivity index (χ1n) is 9.11. The Balaban J connectivity index is 1.53. The highest BCUT2D eigenvalue weighted by Crippen LogP contribution is 2.16. The van der Waals surface area contributed by atoms with Crippen LogP contribution in [-0.4, -0.2) is 34.7 Å². The summed E-state index contributed by atoms with van der Waals surface area (Å²) in [6, 6.07) is 16.9. The van der Waals surface area contributed by atoms with Crippen LogP contribution in [0.4, 0.5) is 0 Å². The van der Waals surface area contributed by atoms with Crippen molar-refractivity contribution in [2.45, 2.75) is 26.3 Å². The predicted molar refractivity (Wildman–Crippen MR) is 110 cm³/mol. The summed E-state index contributed by atoms with van der Waals surface area (Å²) in [6.07, 6.45) is 1.52. The Kier molecular flexibility index (Phi) is 6.20. The molecule has 0 bridgehead atoms. The molecule has 0 radical (unpaired) electrons. The molecule has 27 heavy (non-hydrogen) atoms. The van der Waals surface area contributed by atoms with Crippen molar-refractivity contribution in [2.75, 3.05) is 13.6 Å². The molecule has 140 valence electrons. The number of nitrogens with one attached hydrogen (secondary N) is 3. The molecule has 3 rings (SSSR count). The molecule has 0 saturated heterocycles. The number of nitrogens with zero attached hydrogens (tertiary/aromatic N) is 3. The second kappa shape index (κ2) is 8.98. The van der Waals surface area contributed by atoms with Gasteiger partial charge in [0.2, 0.25) is 0 Å². The van der Waals surface area contributed by atoms with Gasteiger partial charge in [-0.1, -0.05) is 55.0 Å². The molecule has 6 nitrogen and oxygen atoms in total. The Bertz CT molecular complexity index is 868. The molecule has 1 unspecified atom stereocenters. The number of guanidine groups is 1. The normalized spacial score (nSPS) is 12.6. The molecular weight excluding hydrogens is 336 g/mol. The quantitative estimate of drug-likeness (QED) is 0.465. The lowest BCUT2D eigenvalue weighted by Gasteiger charge is -2.17. The van der Waals surface area contributed by atoms with Gasteiger partial charge in [0.1, 0.15) is 6.33 Å². The fourth-order valence-electron chi connectivity index (χ4n) is 2.84. The van der Waals surface area contributed by atoms with Crippen LogP contribution < -0.4 is 10.6 Å². The van der Waals surface area contributed by atoms with Crippen molar-refractivity contribution >= 4 is 5.96 Å². The van der Waals surface area contributed by atoms with Gasteiger partial charge >= 0.3 is 0 Å². The zero-order valence-electron chi connectivity index (χ0n) is 16.0. The van der Waals surface area contributed by atoms with Crippen LogP contribution in [0.5, 0.6) is 0 Å². The summed E-state index contributed by atoms with van der Waals surface area (Å²) in [5, 5.41) is 13.6. The van der Waals surface area contributed by atoms with Crippen LogP contribution in [0, 0.1) is 6.92 Å². The van der Waals surface area contributed by atoms with Crippen LogP contribution in [0.25, 0.3) is 11.4 Å². The first-order chi connectivity index (χ1) is 13.2. The van der Waals surface area contributed by atoms with E-state index in [-0.39, 0.29) is 0 Å². The van der Waals surface area contributed by atoms with E-state index < -0.39 is 0 Å². The highest BCUT2D eigenvalue weighted by molar-refractivity contribution is 5.79. The summed E-state index contributed by atoms with van der Waals surface area (Å²) in [5.41, 5.74) is 4.77. The third-order valence-corrected chi connectivity index (χ3v) is 4.52. The number of hydrogen-bond acceptors (Lipinski definition) is 3. The van der Waals surface area contributed by atoms with E-state index in [1.54, 1.807) is 7.05 Å². The minimum atomic E-state index is 0.402. The molecule has 1 aromatic heterocycles. The van der Waals surface area contributed by atoms with Crippen LogP contribution in [0.3, 0.4) is 0 Å². The number of benzene rings is 2. The van der Waals surface area contributed by atoms with Crippen LogP contribution in [0.1, 0.15) is 29.5 Å². The molecule has 6 heteroatoms. The zero-order chi connectivity index (χ0) is 19.1.